The number of nitrogens with zero attached hydrogens (tertiary/aromatic N) is 5. The number of amides is 1. The van der Waals surface area contributed by atoms with Crippen LogP contribution in [0.15, 0.2) is 11.4 Å². The Labute approximate surface area is 166 Å². The fraction of sp³-hybridized carbons (Fsp3) is 0.650. The van der Waals surface area contributed by atoms with Crippen molar-refractivity contribution in [2.45, 2.75) is 52.5 Å². The average Bonchev–Trinajstić information content (AvgIpc) is 3.16. The molecule has 27 heavy (non-hydrogen) atoms. The maximum absolute atomic E-state index is 12.9. The standard InChI is InChI=1S/C20H31N5OS/c1-6-15-12-17(23(5)22-15)18(26)25-9-7-8-24(10-11-25)13-16-14-27-19(21-16)20(2,3)4/h12,14H,6-11,13H2,1-5H3. The molecule has 148 valence electrons. The second kappa shape index (κ2) is 8.10. The third-order valence-electron chi connectivity index (χ3n) is 4.97. The third kappa shape index (κ3) is 4.76. The fourth-order valence-electron chi connectivity index (χ4n) is 3.35. The van der Waals surface area contributed by atoms with Crippen LogP contribution in [0.1, 0.15) is 61.0 Å². The zero-order valence-corrected chi connectivity index (χ0v) is 18.0. The van der Waals surface area contributed by atoms with Crippen molar-refractivity contribution in [2.24, 2.45) is 7.05 Å². The highest BCUT2D eigenvalue weighted by atomic mass is 32.1. The zero-order valence-electron chi connectivity index (χ0n) is 17.2. The minimum absolute atomic E-state index is 0.0928. The molecular formula is C20H31N5OS. The Morgan fingerprint density at radius 2 is 1.96 bits per heavy atom. The van der Waals surface area contributed by atoms with Crippen LogP contribution in [0.25, 0.3) is 0 Å². The number of aromatic nitrogens is 3. The van der Waals surface area contributed by atoms with Gasteiger partial charge in [-0.25, -0.2) is 4.98 Å². The normalized spacial score (nSPS) is 16.6. The van der Waals surface area contributed by atoms with Crippen LogP contribution in [0.4, 0.5) is 0 Å². The van der Waals surface area contributed by atoms with E-state index in [1.165, 1.54) is 5.01 Å². The molecule has 0 N–H and O–H groups in total. The van der Waals surface area contributed by atoms with E-state index in [1.54, 1.807) is 16.0 Å². The van der Waals surface area contributed by atoms with E-state index >= 15 is 0 Å². The molecule has 1 fully saturated rings. The summed E-state index contributed by atoms with van der Waals surface area (Å²) in [4.78, 5) is 22.1. The summed E-state index contributed by atoms with van der Waals surface area (Å²) < 4.78 is 1.72. The van der Waals surface area contributed by atoms with Gasteiger partial charge in [0.25, 0.3) is 5.91 Å². The number of rotatable bonds is 4. The number of thiazole rings is 1. The highest BCUT2D eigenvalue weighted by molar-refractivity contribution is 7.09. The van der Waals surface area contributed by atoms with Gasteiger partial charge in [0.2, 0.25) is 0 Å². The minimum Gasteiger partial charge on any atom is -0.336 e. The van der Waals surface area contributed by atoms with Crippen LogP contribution in [-0.4, -0.2) is 56.7 Å². The first-order valence-electron chi connectivity index (χ1n) is 9.77. The van der Waals surface area contributed by atoms with Crippen molar-refractivity contribution < 1.29 is 4.79 Å². The Kier molecular flexibility index (Phi) is 6.01. The Morgan fingerprint density at radius 3 is 2.59 bits per heavy atom. The summed E-state index contributed by atoms with van der Waals surface area (Å²) >= 11 is 1.75. The molecule has 0 radical (unpaired) electrons. The number of carbonyl (C=O) groups excluding carboxylic acids is 1. The van der Waals surface area contributed by atoms with Gasteiger partial charge in [0.05, 0.1) is 16.4 Å². The van der Waals surface area contributed by atoms with Crippen LogP contribution >= 0.6 is 11.3 Å². The third-order valence-corrected chi connectivity index (χ3v) is 6.28. The summed E-state index contributed by atoms with van der Waals surface area (Å²) in [7, 11) is 1.85. The van der Waals surface area contributed by atoms with Gasteiger partial charge in [-0.05, 0) is 18.9 Å². The van der Waals surface area contributed by atoms with E-state index in [4.69, 9.17) is 4.98 Å². The summed E-state index contributed by atoms with van der Waals surface area (Å²) in [6.07, 6.45) is 1.83. The molecule has 1 aliphatic rings. The smallest absolute Gasteiger partial charge is 0.272 e. The minimum atomic E-state index is 0.0928. The second-order valence-corrected chi connectivity index (χ2v) is 9.17. The molecule has 0 bridgehead atoms. The molecule has 2 aromatic rings. The summed E-state index contributed by atoms with van der Waals surface area (Å²) in [5.41, 5.74) is 2.90. The second-order valence-electron chi connectivity index (χ2n) is 8.31. The number of aryl methyl sites for hydroxylation is 2. The zero-order chi connectivity index (χ0) is 19.6. The number of hydrogen-bond donors (Lipinski definition) is 0. The first-order chi connectivity index (χ1) is 12.8. The van der Waals surface area contributed by atoms with Crippen LogP contribution < -0.4 is 0 Å². The SMILES string of the molecule is CCc1cc(C(=O)N2CCCN(Cc3csc(C(C)(C)C)n3)CC2)n(C)n1. The van der Waals surface area contributed by atoms with E-state index in [1.807, 2.05) is 18.0 Å². The average molecular weight is 390 g/mol. The molecular weight excluding hydrogens is 358 g/mol. The Balaban J connectivity index is 1.61. The molecule has 3 heterocycles. The lowest BCUT2D eigenvalue weighted by Gasteiger charge is -2.21. The maximum atomic E-state index is 12.9. The van der Waals surface area contributed by atoms with Crippen molar-refractivity contribution in [1.29, 1.82) is 0 Å². The van der Waals surface area contributed by atoms with Crippen molar-refractivity contribution >= 4 is 17.2 Å². The monoisotopic (exact) mass is 389 g/mol. The van der Waals surface area contributed by atoms with Crippen molar-refractivity contribution in [3.05, 3.63) is 33.5 Å². The summed E-state index contributed by atoms with van der Waals surface area (Å²) in [5.74, 6) is 0.0928. The molecule has 0 aromatic carbocycles. The van der Waals surface area contributed by atoms with Gasteiger partial charge in [0.15, 0.2) is 0 Å². The predicted octanol–water partition coefficient (Wildman–Crippen LogP) is 3.08. The quantitative estimate of drug-likeness (QED) is 0.806. The molecule has 1 amide bonds. The highest BCUT2D eigenvalue weighted by Gasteiger charge is 2.24. The largest absolute Gasteiger partial charge is 0.336 e. The van der Waals surface area contributed by atoms with Gasteiger partial charge in [-0.15, -0.1) is 11.3 Å². The topological polar surface area (TPSA) is 54.3 Å². The van der Waals surface area contributed by atoms with Crippen LogP contribution in [-0.2, 0) is 25.4 Å². The molecule has 0 spiro atoms. The summed E-state index contributed by atoms with van der Waals surface area (Å²) in [6, 6.07) is 1.92. The first kappa shape index (κ1) is 20.0. The molecule has 0 atom stereocenters. The van der Waals surface area contributed by atoms with E-state index in [-0.39, 0.29) is 11.3 Å². The fourth-order valence-corrected chi connectivity index (χ4v) is 4.25. The van der Waals surface area contributed by atoms with Gasteiger partial charge in [0, 0.05) is 50.6 Å². The Hall–Kier alpha value is -1.73. The van der Waals surface area contributed by atoms with E-state index in [0.717, 1.165) is 57.0 Å². The summed E-state index contributed by atoms with van der Waals surface area (Å²) in [6.45, 7) is 13.0. The number of carbonyl (C=O) groups is 1. The lowest BCUT2D eigenvalue weighted by atomic mass is 9.98. The molecule has 6 nitrogen and oxygen atoms in total. The lowest BCUT2D eigenvalue weighted by Crippen LogP contribution is -2.36. The van der Waals surface area contributed by atoms with Gasteiger partial charge in [-0.3, -0.25) is 14.4 Å². The van der Waals surface area contributed by atoms with Crippen LogP contribution in [0, 0.1) is 0 Å². The Morgan fingerprint density at radius 1 is 1.19 bits per heavy atom. The van der Waals surface area contributed by atoms with Crippen LogP contribution in [0.3, 0.4) is 0 Å². The molecule has 7 heteroatoms. The maximum Gasteiger partial charge on any atom is 0.272 e. The molecule has 0 saturated carbocycles. The molecule has 3 rings (SSSR count). The van der Waals surface area contributed by atoms with Gasteiger partial charge < -0.3 is 4.90 Å². The van der Waals surface area contributed by atoms with Crippen molar-refractivity contribution in [3.8, 4) is 0 Å². The lowest BCUT2D eigenvalue weighted by molar-refractivity contribution is 0.0750. The van der Waals surface area contributed by atoms with E-state index in [2.05, 4.69) is 43.1 Å². The van der Waals surface area contributed by atoms with Gasteiger partial charge in [-0.1, -0.05) is 27.7 Å². The van der Waals surface area contributed by atoms with Gasteiger partial charge >= 0.3 is 0 Å². The molecule has 0 aliphatic carbocycles. The summed E-state index contributed by atoms with van der Waals surface area (Å²) in [5, 5.41) is 7.78. The highest BCUT2D eigenvalue weighted by Crippen LogP contribution is 2.26. The Bertz CT molecular complexity index is 789. The van der Waals surface area contributed by atoms with Crippen LogP contribution in [0.2, 0.25) is 0 Å². The van der Waals surface area contributed by atoms with Crippen molar-refractivity contribution in [2.75, 3.05) is 26.2 Å². The van der Waals surface area contributed by atoms with Crippen LogP contribution in [0.5, 0.6) is 0 Å². The van der Waals surface area contributed by atoms with Gasteiger partial charge in [0.1, 0.15) is 5.69 Å². The molecule has 0 unspecified atom stereocenters. The van der Waals surface area contributed by atoms with E-state index in [0.29, 0.717) is 5.69 Å². The van der Waals surface area contributed by atoms with Crippen molar-refractivity contribution in [3.63, 3.8) is 0 Å². The molecule has 2 aromatic heterocycles. The van der Waals surface area contributed by atoms with Crippen molar-refractivity contribution in [1.82, 2.24) is 24.6 Å². The molecule has 1 saturated heterocycles. The number of hydrogen-bond acceptors (Lipinski definition) is 5. The molecule has 1 aliphatic heterocycles. The first-order valence-corrected chi connectivity index (χ1v) is 10.7. The van der Waals surface area contributed by atoms with E-state index < -0.39 is 0 Å². The van der Waals surface area contributed by atoms with E-state index in [9.17, 15) is 4.79 Å². The predicted molar refractivity (Wildman–Crippen MR) is 109 cm³/mol. The van der Waals surface area contributed by atoms with Gasteiger partial charge in [-0.2, -0.15) is 5.10 Å².